The molecule has 0 bridgehead atoms. The highest BCUT2D eigenvalue weighted by atomic mass is 16.6. The summed E-state index contributed by atoms with van der Waals surface area (Å²) in [6.45, 7) is -64.0. The number of nitrogens with two attached hydrogens (primary N) is 4. The number of carbonyl (C=O) groups excluding carboxylic acids is 4. The van der Waals surface area contributed by atoms with E-state index in [0.29, 0.717) is 47.3 Å². The molecule has 0 spiro atoms. The maximum atomic E-state index is 13.9. The Bertz CT molecular complexity index is 7740. The van der Waals surface area contributed by atoms with Crippen molar-refractivity contribution in [3.05, 3.63) is 93.0 Å². The summed E-state index contributed by atoms with van der Waals surface area (Å²) >= 11 is 0. The molecule has 4 aromatic carbocycles. The van der Waals surface area contributed by atoms with Gasteiger partial charge in [0.1, 0.15) is 48.4 Å². The quantitative estimate of drug-likeness (QED) is 0.0303. The lowest BCUT2D eigenvalue weighted by Gasteiger charge is -2.47. The van der Waals surface area contributed by atoms with Crippen LogP contribution in [0.2, 0.25) is 0 Å². The van der Waals surface area contributed by atoms with E-state index in [-0.39, 0.29) is 93.2 Å². The van der Waals surface area contributed by atoms with E-state index in [0.717, 1.165) is 44.6 Å². The zero-order chi connectivity index (χ0) is 163. The van der Waals surface area contributed by atoms with Crippen LogP contribution in [0.5, 0.6) is 46.0 Å². The molecule has 24 nitrogen and oxygen atoms in total. The molecule has 8 aliphatic heterocycles. The van der Waals surface area contributed by atoms with Crippen molar-refractivity contribution in [2.45, 2.75) is 259 Å². The van der Waals surface area contributed by atoms with Crippen molar-refractivity contribution >= 4 is 23.9 Å². The third-order valence-electron chi connectivity index (χ3n) is 18.2. The fourth-order valence-electron chi connectivity index (χ4n) is 12.6. The summed E-state index contributed by atoms with van der Waals surface area (Å²) in [6, 6.07) is -18.0. The zero-order valence-corrected chi connectivity index (χ0v) is 66.2. The van der Waals surface area contributed by atoms with E-state index >= 15 is 0 Å². The van der Waals surface area contributed by atoms with Crippen molar-refractivity contribution < 1.29 is 194 Å². The van der Waals surface area contributed by atoms with Crippen LogP contribution in [-0.2, 0) is 63.8 Å². The molecular formula is C96H152N8O16. The van der Waals surface area contributed by atoms with Crippen LogP contribution in [-0.4, -0.2) is 201 Å². The maximum absolute atomic E-state index is 13.9. The van der Waals surface area contributed by atoms with Crippen LogP contribution in [0.3, 0.4) is 0 Å². The highest BCUT2D eigenvalue weighted by Crippen LogP contribution is 2.50. The SMILES string of the molecule is [2H]C([2H])([2H])C([2H])(C)C([2H])([2H])C1([2H])C(OC(=O)[C@@]([2H])(N)C([2H])(C([2H])([2H])[2H])C([2H])([2H])[2H])C([2H])([2H])C2([2H])c3cc(OC)c(OC)cc3CCN2C1([2H])[2H].[2H]C([2H])([2H])C([2H])(C)C([2H])([2H])C1([2H])C([2H])([2H])N2CCc3cc(OC)c(OC)cc3C2C([2H])([2H])C1([2H])OC(=O)[C@@]([2H])(N)C([2H])(C([2H])([2H])[2H])C([2H])([2H])[2H].[2H]C([2H])([2H])Oc1cc2c(cc1OC)C1N(CC2)C([2H])([2H])C([2H])(C([2H])([2H])C([2H])(C)C([2H])([2H])[2H])C([2H])(OC(=O)[C@@]([2H])(N)C([2H])(C([2H])([2H])[2H])C([2H])([2H])[2H])C1([2H])[2H].[2H]C([2H])([2H])Oc1cc2c(cc1OC)C1N(CC2)C([2H])([2H])C([2H])(C([2H])([2H])C([2H])(C)C([2H])([2H])[2H])C([2H])(OC(=O)[C@@]([2H])(N)C([2H])(C([2H])([2H])[2H])C([2H])([2H])[2H])C1([2H])[2H]. The van der Waals surface area contributed by atoms with Crippen molar-refractivity contribution in [2.75, 3.05) is 109 Å². The van der Waals surface area contributed by atoms with Gasteiger partial charge in [0.15, 0.2) is 46.0 Å². The largest absolute Gasteiger partial charge is 0.493 e. The standard InChI is InChI=1S/4C24H38N2O4/c4*1-14(2)9-17-13-26-8-7-16-10-21(28-5)22(29-6)11-18(16)19(26)12-20(17)30-24(27)23(25)15(3)4/h4*10-11,14-15,17,19-20,23H,7-9,12-13,25H2,1-6H3/t4*17?,19?,20?,23-/m0000/s1/i2*1D3,3D3,4D3,5D3,9D2,12D2,13D2,14D,15D,17D,20D,23D;1D3,3D3,4D3,9D2,12D2,13D2,14D,15D,17D,20D,23D;1D3,3D3,4D3,9D2,12D2,13D2,14D,15D,17D,19D,23D/t4*14?,17?,19?,20?,23-. The molecule has 8 N–H and O–H groups in total. The minimum atomic E-state index is -4.55. The first-order valence-corrected chi connectivity index (χ1v) is 35.6. The highest BCUT2D eigenvalue weighted by molar-refractivity contribution is 5.77. The number of esters is 4. The Labute approximate surface area is 839 Å². The molecule has 24 heteroatoms. The number of methoxy groups -OCH3 is 8. The van der Waals surface area contributed by atoms with Gasteiger partial charge in [-0.3, -0.25) is 38.8 Å². The number of hydrogen-bond acceptors (Lipinski definition) is 24. The van der Waals surface area contributed by atoms with Crippen LogP contribution in [0.25, 0.3) is 0 Å². The molecule has 0 saturated carbocycles. The number of rotatable bonds is 28. The maximum Gasteiger partial charge on any atom is 0.323 e. The van der Waals surface area contributed by atoms with E-state index in [1.807, 2.05) is 0 Å². The van der Waals surface area contributed by atoms with E-state index in [4.69, 9.17) is 165 Å². The van der Waals surface area contributed by atoms with Gasteiger partial charge in [-0.2, -0.15) is 0 Å². The van der Waals surface area contributed by atoms with E-state index in [9.17, 15) is 52.1 Å². The number of fused-ring (bicyclic) bond motifs is 12. The number of nitrogens with zero attached hydrogens (tertiary/aromatic N) is 4. The van der Waals surface area contributed by atoms with Gasteiger partial charge >= 0.3 is 23.9 Å². The first-order valence-electron chi connectivity index (χ1n) is 78.6. The van der Waals surface area contributed by atoms with Gasteiger partial charge in [-0.25, -0.2) is 0 Å². The molecule has 4 saturated heterocycles. The van der Waals surface area contributed by atoms with Gasteiger partial charge in [-0.1, -0.05) is 110 Å². The molecule has 16 unspecified atom stereocenters. The van der Waals surface area contributed by atoms with E-state index in [1.54, 1.807) is 0 Å². The molecule has 0 radical (unpaired) electrons. The molecule has 8 heterocycles. The molecule has 8 aliphatic rings. The molecule has 4 fully saturated rings. The van der Waals surface area contributed by atoms with Gasteiger partial charge in [-0.05, 0) is 191 Å². The van der Waals surface area contributed by atoms with Crippen molar-refractivity contribution in [2.24, 2.45) is 93.7 Å². The smallest absolute Gasteiger partial charge is 0.323 e. The Balaban J connectivity index is 0.000000297. The minimum Gasteiger partial charge on any atom is -0.493 e. The molecule has 0 amide bonds. The lowest BCUT2D eigenvalue weighted by molar-refractivity contribution is -0.161. The Morgan fingerprint density at radius 2 is 0.633 bits per heavy atom. The fourth-order valence-corrected chi connectivity index (χ4v) is 12.6. The van der Waals surface area contributed by atoms with Crippen molar-refractivity contribution in [1.82, 2.24) is 19.6 Å². The van der Waals surface area contributed by atoms with Gasteiger partial charge < -0.3 is 79.8 Å². The van der Waals surface area contributed by atoms with Gasteiger partial charge in [0, 0.05) is 224 Å². The topological polar surface area (TPSA) is 296 Å². The predicted molar refractivity (Wildman–Crippen MR) is 471 cm³/mol. The van der Waals surface area contributed by atoms with E-state index in [1.165, 1.54) is 46.6 Å². The number of benzene rings is 4. The van der Waals surface area contributed by atoms with Crippen molar-refractivity contribution in [3.63, 3.8) is 0 Å². The van der Waals surface area contributed by atoms with Crippen LogP contribution in [0.15, 0.2) is 48.5 Å². The van der Waals surface area contributed by atoms with Crippen LogP contribution in [0.1, 0.15) is 347 Å². The predicted octanol–water partition coefficient (Wildman–Crippen LogP) is 14.3. The normalized spacial score (nSPS) is 49.0. The second kappa shape index (κ2) is 43.9. The summed E-state index contributed by atoms with van der Waals surface area (Å²) in [7, 11) is 0.981. The number of piperidine rings is 4. The first-order chi connectivity index (χ1) is 90.2. The van der Waals surface area contributed by atoms with Gasteiger partial charge in [0.2, 0.25) is 0 Å². The molecule has 120 heavy (non-hydrogen) atoms. The molecule has 20 atom stereocenters. The van der Waals surface area contributed by atoms with Gasteiger partial charge in [0.25, 0.3) is 0 Å². The fraction of sp³-hybridized carbons (Fsp3) is 0.708. The number of carbonyl (C=O) groups is 4. The summed E-state index contributed by atoms with van der Waals surface area (Å²) in [5, 5.41) is 0. The monoisotopic (exact) mass is 1760 g/mol. The summed E-state index contributed by atoms with van der Waals surface area (Å²) in [6.07, 6.45) is -50.2. The summed E-state index contributed by atoms with van der Waals surface area (Å²) < 4.78 is 781. The second-order valence-electron chi connectivity index (χ2n) is 26.3. The first kappa shape index (κ1) is 33.0. The summed E-state index contributed by atoms with van der Waals surface area (Å²) in [5.74, 6) is -61.2. The lowest BCUT2D eigenvalue weighted by Crippen LogP contribution is -2.51. The molecule has 4 aromatic rings. The number of hydrogen-bond donors (Lipinski definition) is 4. The Morgan fingerprint density at radius 3 is 0.925 bits per heavy atom. The van der Waals surface area contributed by atoms with Crippen molar-refractivity contribution in [3.8, 4) is 46.0 Å². The second-order valence-corrected chi connectivity index (χ2v) is 26.3. The third-order valence-corrected chi connectivity index (χ3v) is 18.2. The van der Waals surface area contributed by atoms with E-state index < -0.39 is 390 Å². The average Bonchev–Trinajstić information content (AvgIpc) is 0.649. The van der Waals surface area contributed by atoms with E-state index in [2.05, 4.69) is 0 Å². The van der Waals surface area contributed by atoms with Crippen molar-refractivity contribution in [1.29, 1.82) is 0 Å². The number of ether oxygens (including phenoxy) is 12. The minimum absolute atomic E-state index is 0.0107. The van der Waals surface area contributed by atoms with Gasteiger partial charge in [-0.15, -0.1) is 0 Å². The van der Waals surface area contributed by atoms with Crippen LogP contribution < -0.4 is 60.8 Å². The molecule has 12 rings (SSSR count). The Hall–Kier alpha value is -7.16. The summed E-state index contributed by atoms with van der Waals surface area (Å²) in [4.78, 5) is 57.4. The lowest BCUT2D eigenvalue weighted by atomic mass is 9.79. The molecular weight excluding hydrogens is 1520 g/mol. The molecule has 672 valence electrons. The molecule has 0 aliphatic carbocycles. The average molecular weight is 1760 g/mol. The van der Waals surface area contributed by atoms with Crippen LogP contribution >= 0.6 is 0 Å². The Morgan fingerprint density at radius 1 is 0.375 bits per heavy atom. The Kier molecular flexibility index (Phi) is 12.1. The van der Waals surface area contributed by atoms with Gasteiger partial charge in [0.05, 0.1) is 75.9 Å². The zero-order valence-electron chi connectivity index (χ0n) is 152. The van der Waals surface area contributed by atoms with Crippen LogP contribution in [0, 0.1) is 70.7 Å². The summed E-state index contributed by atoms with van der Waals surface area (Å²) in [5.41, 5.74) is 21.7. The van der Waals surface area contributed by atoms with Crippen LogP contribution in [0.4, 0.5) is 0 Å². The highest BCUT2D eigenvalue weighted by Gasteiger charge is 2.47. The molecule has 0 aromatic heterocycles. The third kappa shape index (κ3) is 23.8.